The van der Waals surface area contributed by atoms with Crippen molar-refractivity contribution >= 4 is 34.1 Å². The molecular formula is C17H19N3O4S. The van der Waals surface area contributed by atoms with Crippen LogP contribution in [0.5, 0.6) is 17.4 Å². The Morgan fingerprint density at radius 2 is 2.24 bits per heavy atom. The Balaban J connectivity index is 1.88. The van der Waals surface area contributed by atoms with Crippen LogP contribution in [0, 0.1) is 5.92 Å². The highest BCUT2D eigenvalue weighted by Crippen LogP contribution is 2.35. The van der Waals surface area contributed by atoms with Gasteiger partial charge in [-0.25, -0.2) is 4.98 Å². The molecule has 132 valence electrons. The van der Waals surface area contributed by atoms with E-state index in [1.807, 2.05) is 13.0 Å². The molecule has 3 rings (SSSR count). The first-order valence-corrected chi connectivity index (χ1v) is 8.25. The average molecular weight is 361 g/mol. The first-order valence-electron chi connectivity index (χ1n) is 7.84. The third-order valence-corrected chi connectivity index (χ3v) is 4.25. The highest BCUT2D eigenvalue weighted by molar-refractivity contribution is 7.80. The van der Waals surface area contributed by atoms with Crippen LogP contribution in [0.25, 0.3) is 10.8 Å². The molecule has 8 heteroatoms. The summed E-state index contributed by atoms with van der Waals surface area (Å²) >= 11 is 4.79. The molecule has 7 nitrogen and oxygen atoms in total. The number of carbonyl (C=O) groups excluding carboxylic acids is 1. The Morgan fingerprint density at radius 1 is 1.44 bits per heavy atom. The number of pyridine rings is 1. The lowest BCUT2D eigenvalue weighted by Gasteiger charge is -2.17. The summed E-state index contributed by atoms with van der Waals surface area (Å²) in [6.07, 6.45) is 2.16. The summed E-state index contributed by atoms with van der Waals surface area (Å²) in [5.41, 5.74) is 5.45. The molecule has 2 aromatic rings. The van der Waals surface area contributed by atoms with Crippen molar-refractivity contribution in [2.45, 2.75) is 19.4 Å². The number of methoxy groups -OCH3 is 1. The van der Waals surface area contributed by atoms with Gasteiger partial charge in [0, 0.05) is 18.0 Å². The maximum absolute atomic E-state index is 11.5. The molecule has 0 radical (unpaired) electrons. The molecule has 1 aromatic heterocycles. The minimum absolute atomic E-state index is 0.0244. The molecule has 1 saturated heterocycles. The number of fused-ring (bicyclic) bond motifs is 1. The molecule has 2 atom stereocenters. The van der Waals surface area contributed by atoms with Crippen LogP contribution in [0.3, 0.4) is 0 Å². The smallest absolute Gasteiger partial charge is 0.259 e. The Bertz CT molecular complexity index is 827. The number of ether oxygens (including phenoxy) is 3. The zero-order valence-electron chi connectivity index (χ0n) is 13.9. The highest BCUT2D eigenvalue weighted by Gasteiger charge is 2.29. The molecule has 3 N–H and O–H groups in total. The lowest BCUT2D eigenvalue weighted by Crippen LogP contribution is -2.34. The highest BCUT2D eigenvalue weighted by atomic mass is 32.1. The van der Waals surface area contributed by atoms with Gasteiger partial charge >= 0.3 is 0 Å². The Morgan fingerprint density at radius 3 is 2.88 bits per heavy atom. The van der Waals surface area contributed by atoms with Crippen LogP contribution in [0.4, 0.5) is 0 Å². The van der Waals surface area contributed by atoms with Crippen LogP contribution in [0.1, 0.15) is 13.3 Å². The van der Waals surface area contributed by atoms with Gasteiger partial charge in [0.05, 0.1) is 13.2 Å². The first-order chi connectivity index (χ1) is 12.0. The van der Waals surface area contributed by atoms with Crippen LogP contribution < -0.4 is 25.3 Å². The van der Waals surface area contributed by atoms with E-state index in [2.05, 4.69) is 10.3 Å². The van der Waals surface area contributed by atoms with E-state index in [1.165, 1.54) is 7.11 Å². The fraction of sp³-hybridized carbons (Fsp3) is 0.353. The van der Waals surface area contributed by atoms with Crippen LogP contribution in [-0.2, 0) is 4.79 Å². The second kappa shape index (κ2) is 7.10. The summed E-state index contributed by atoms with van der Waals surface area (Å²) in [5.74, 6) is 1.64. The molecule has 2 heterocycles. The van der Waals surface area contributed by atoms with E-state index in [0.29, 0.717) is 30.4 Å². The van der Waals surface area contributed by atoms with Crippen molar-refractivity contribution in [2.75, 3.05) is 13.7 Å². The summed E-state index contributed by atoms with van der Waals surface area (Å²) < 4.78 is 16.5. The van der Waals surface area contributed by atoms with Crippen molar-refractivity contribution in [1.29, 1.82) is 0 Å². The fourth-order valence-electron chi connectivity index (χ4n) is 2.83. The summed E-state index contributed by atoms with van der Waals surface area (Å²) in [7, 11) is 1.53. The van der Waals surface area contributed by atoms with Crippen molar-refractivity contribution in [1.82, 2.24) is 10.3 Å². The number of hydrogen-bond acceptors (Lipinski definition) is 6. The molecule has 0 bridgehead atoms. The number of nitrogens with one attached hydrogen (secondary N) is 1. The van der Waals surface area contributed by atoms with Gasteiger partial charge < -0.3 is 25.3 Å². The van der Waals surface area contributed by atoms with E-state index in [9.17, 15) is 4.79 Å². The van der Waals surface area contributed by atoms with Gasteiger partial charge in [0.1, 0.15) is 6.61 Å². The van der Waals surface area contributed by atoms with E-state index in [1.54, 1.807) is 18.3 Å². The third-order valence-electron chi connectivity index (χ3n) is 4.16. The van der Waals surface area contributed by atoms with Gasteiger partial charge in [-0.1, -0.05) is 6.92 Å². The predicted molar refractivity (Wildman–Crippen MR) is 96.9 cm³/mol. The number of carbonyl (C=O) groups is 1. The van der Waals surface area contributed by atoms with Crippen molar-refractivity contribution < 1.29 is 19.0 Å². The molecule has 1 aliphatic heterocycles. The van der Waals surface area contributed by atoms with E-state index in [-0.39, 0.29) is 23.0 Å². The van der Waals surface area contributed by atoms with Crippen molar-refractivity contribution in [3.63, 3.8) is 0 Å². The van der Waals surface area contributed by atoms with Crippen molar-refractivity contribution in [2.24, 2.45) is 11.7 Å². The molecule has 1 aliphatic rings. The number of hydrogen-bond donors (Lipinski definition) is 2. The first kappa shape index (κ1) is 17.2. The van der Waals surface area contributed by atoms with Crippen molar-refractivity contribution in [3.05, 3.63) is 24.4 Å². The quantitative estimate of drug-likeness (QED) is 0.784. The monoisotopic (exact) mass is 361 g/mol. The second-order valence-corrected chi connectivity index (χ2v) is 6.33. The molecule has 1 aromatic carbocycles. The van der Waals surface area contributed by atoms with Gasteiger partial charge in [0.25, 0.3) is 5.17 Å². The van der Waals surface area contributed by atoms with Crippen LogP contribution in [0.15, 0.2) is 24.4 Å². The van der Waals surface area contributed by atoms with Crippen LogP contribution in [-0.4, -0.2) is 35.8 Å². The summed E-state index contributed by atoms with van der Waals surface area (Å²) in [6, 6.07) is 5.33. The topological polar surface area (TPSA) is 95.7 Å². The Kier molecular flexibility index (Phi) is 4.89. The Labute approximate surface area is 150 Å². The summed E-state index contributed by atoms with van der Waals surface area (Å²) in [4.78, 5) is 15.8. The third kappa shape index (κ3) is 3.74. The minimum Gasteiger partial charge on any atom is -0.493 e. The number of amides is 1. The maximum atomic E-state index is 11.5. The zero-order chi connectivity index (χ0) is 18.0. The number of rotatable bonds is 5. The predicted octanol–water partition coefficient (Wildman–Crippen LogP) is 1.77. The average Bonchev–Trinajstić information content (AvgIpc) is 2.89. The van der Waals surface area contributed by atoms with Gasteiger partial charge in [0.15, 0.2) is 11.5 Å². The van der Waals surface area contributed by atoms with E-state index >= 15 is 0 Å². The zero-order valence-corrected chi connectivity index (χ0v) is 14.8. The summed E-state index contributed by atoms with van der Waals surface area (Å²) in [5, 5.41) is 4.44. The molecule has 0 spiro atoms. The van der Waals surface area contributed by atoms with Crippen LogP contribution >= 0.6 is 12.2 Å². The van der Waals surface area contributed by atoms with Gasteiger partial charge in [-0.3, -0.25) is 4.79 Å². The molecule has 25 heavy (non-hydrogen) atoms. The molecule has 1 amide bonds. The number of aromatic nitrogens is 1. The SMILES string of the molecule is COc1cc2c(OC[C@H]3NC(=O)CC3C)nccc2cc1OC(N)=S. The largest absolute Gasteiger partial charge is 0.493 e. The fourth-order valence-corrected chi connectivity index (χ4v) is 2.92. The van der Waals surface area contributed by atoms with E-state index < -0.39 is 0 Å². The number of thiocarbonyl (C=S) groups is 1. The van der Waals surface area contributed by atoms with Gasteiger partial charge in [0.2, 0.25) is 11.8 Å². The number of nitrogens with two attached hydrogens (primary N) is 1. The molecule has 0 saturated carbocycles. The minimum atomic E-state index is -0.0888. The number of benzene rings is 1. The number of nitrogens with zero attached hydrogens (tertiary/aromatic N) is 1. The van der Waals surface area contributed by atoms with Gasteiger partial charge in [-0.15, -0.1) is 0 Å². The van der Waals surface area contributed by atoms with E-state index in [4.69, 9.17) is 32.2 Å². The second-order valence-electron chi connectivity index (χ2n) is 5.93. The van der Waals surface area contributed by atoms with Gasteiger partial charge in [-0.2, -0.15) is 0 Å². The molecular weight excluding hydrogens is 342 g/mol. The van der Waals surface area contributed by atoms with Crippen molar-refractivity contribution in [3.8, 4) is 17.4 Å². The normalized spacial score (nSPS) is 19.5. The Hall–Kier alpha value is -2.61. The van der Waals surface area contributed by atoms with E-state index in [0.717, 1.165) is 10.8 Å². The lowest BCUT2D eigenvalue weighted by molar-refractivity contribution is -0.119. The maximum Gasteiger partial charge on any atom is 0.259 e. The lowest BCUT2D eigenvalue weighted by atomic mass is 10.0. The van der Waals surface area contributed by atoms with Crippen LogP contribution in [0.2, 0.25) is 0 Å². The van der Waals surface area contributed by atoms with Gasteiger partial charge in [-0.05, 0) is 41.7 Å². The summed E-state index contributed by atoms with van der Waals surface area (Å²) in [6.45, 7) is 2.37. The molecule has 0 aliphatic carbocycles. The standard InChI is InChI=1S/C17H19N3O4S/c1-9-5-15(21)20-12(9)8-23-16-11-7-13(22-2)14(24-17(18)25)6-10(11)3-4-19-16/h3-4,6-7,9,12H,5,8H2,1-2H3,(H2,18,25)(H,20,21)/t9?,12-/m1/s1. The molecule has 1 fully saturated rings. The molecule has 1 unspecified atom stereocenters.